The lowest BCUT2D eigenvalue weighted by molar-refractivity contribution is -0.117. The Labute approximate surface area is 139 Å². The van der Waals surface area contributed by atoms with Crippen LogP contribution < -0.4 is 16.2 Å². The Morgan fingerprint density at radius 2 is 2.04 bits per heavy atom. The largest absolute Gasteiger partial charge is 0.324 e. The first-order valence-electron chi connectivity index (χ1n) is 7.37. The smallest absolute Gasteiger partial charge is 0.242 e. The number of anilines is 1. The van der Waals surface area contributed by atoms with Gasteiger partial charge < -0.3 is 5.32 Å². The first-order valence-corrected chi connectivity index (χ1v) is 7.75. The molecule has 0 radical (unpaired) electrons. The fraction of sp³-hybridized carbons (Fsp3) is 0.235. The number of aryl methyl sites for hydroxylation is 1. The van der Waals surface area contributed by atoms with Crippen LogP contribution in [-0.2, 0) is 4.79 Å². The predicted molar refractivity (Wildman–Crippen MR) is 88.6 cm³/mol. The Morgan fingerprint density at radius 1 is 1.26 bits per heavy atom. The van der Waals surface area contributed by atoms with E-state index in [-0.39, 0.29) is 17.8 Å². The van der Waals surface area contributed by atoms with Crippen LogP contribution >= 0.6 is 11.6 Å². The van der Waals surface area contributed by atoms with Crippen LogP contribution in [0.4, 0.5) is 10.1 Å². The SMILES string of the molecule is Cc1ccc(F)cc1NC(=O)C1CC(c2ccccc2Cl)NN1. The minimum absolute atomic E-state index is 0.0481. The molecule has 0 spiro atoms. The van der Waals surface area contributed by atoms with Crippen molar-refractivity contribution in [2.75, 3.05) is 5.32 Å². The molecule has 2 unspecified atom stereocenters. The van der Waals surface area contributed by atoms with E-state index in [0.717, 1.165) is 11.1 Å². The molecule has 1 amide bonds. The van der Waals surface area contributed by atoms with Gasteiger partial charge >= 0.3 is 0 Å². The summed E-state index contributed by atoms with van der Waals surface area (Å²) in [5, 5.41) is 3.43. The summed E-state index contributed by atoms with van der Waals surface area (Å²) in [6.07, 6.45) is 0.559. The quantitative estimate of drug-likeness (QED) is 0.807. The molecule has 2 aromatic carbocycles. The highest BCUT2D eigenvalue weighted by atomic mass is 35.5. The van der Waals surface area contributed by atoms with Crippen LogP contribution in [0.2, 0.25) is 5.02 Å². The first kappa shape index (κ1) is 15.9. The number of hydrazine groups is 1. The van der Waals surface area contributed by atoms with E-state index in [9.17, 15) is 9.18 Å². The standard InChI is InChI=1S/C17H17ClFN3O/c1-10-6-7-11(19)8-14(10)20-17(23)16-9-15(21-22-16)12-4-2-3-5-13(12)18/h2-8,15-16,21-22H,9H2,1H3,(H,20,23). The molecule has 0 saturated carbocycles. The summed E-state index contributed by atoms with van der Waals surface area (Å²) in [6, 6.07) is 11.4. The summed E-state index contributed by atoms with van der Waals surface area (Å²) in [4.78, 5) is 12.4. The minimum Gasteiger partial charge on any atom is -0.324 e. The molecule has 1 fully saturated rings. The summed E-state index contributed by atoms with van der Waals surface area (Å²) < 4.78 is 13.3. The molecule has 2 atom stereocenters. The number of hydrogen-bond donors (Lipinski definition) is 3. The highest BCUT2D eigenvalue weighted by Crippen LogP contribution is 2.28. The molecule has 0 aromatic heterocycles. The third-order valence-corrected chi connectivity index (χ3v) is 4.30. The number of carbonyl (C=O) groups excluding carboxylic acids is 1. The topological polar surface area (TPSA) is 53.2 Å². The maximum absolute atomic E-state index is 13.3. The van der Waals surface area contributed by atoms with Gasteiger partial charge in [-0.15, -0.1) is 0 Å². The van der Waals surface area contributed by atoms with Gasteiger partial charge in [0.15, 0.2) is 0 Å². The van der Waals surface area contributed by atoms with Gasteiger partial charge in [-0.05, 0) is 42.7 Å². The van der Waals surface area contributed by atoms with Crippen molar-refractivity contribution in [2.45, 2.75) is 25.4 Å². The molecule has 1 heterocycles. The van der Waals surface area contributed by atoms with Crippen LogP contribution in [0.3, 0.4) is 0 Å². The van der Waals surface area contributed by atoms with Crippen LogP contribution in [-0.4, -0.2) is 11.9 Å². The highest BCUT2D eigenvalue weighted by Gasteiger charge is 2.31. The highest BCUT2D eigenvalue weighted by molar-refractivity contribution is 6.31. The number of halogens is 2. The maximum atomic E-state index is 13.3. The molecule has 1 aliphatic heterocycles. The fourth-order valence-corrected chi connectivity index (χ4v) is 2.91. The Balaban J connectivity index is 1.68. The predicted octanol–water partition coefficient (Wildman–Crippen LogP) is 3.33. The van der Waals surface area contributed by atoms with E-state index < -0.39 is 6.04 Å². The first-order chi connectivity index (χ1) is 11.0. The molecule has 1 aliphatic rings. The van der Waals surface area contributed by atoms with E-state index in [1.54, 1.807) is 6.07 Å². The third-order valence-electron chi connectivity index (χ3n) is 3.96. The number of amides is 1. The van der Waals surface area contributed by atoms with Crippen LogP contribution in [0.25, 0.3) is 0 Å². The summed E-state index contributed by atoms with van der Waals surface area (Å²) >= 11 is 6.19. The van der Waals surface area contributed by atoms with Crippen molar-refractivity contribution in [1.82, 2.24) is 10.9 Å². The zero-order valence-electron chi connectivity index (χ0n) is 12.6. The molecule has 0 bridgehead atoms. The van der Waals surface area contributed by atoms with Gasteiger partial charge in [0.1, 0.15) is 11.9 Å². The van der Waals surface area contributed by atoms with Crippen LogP contribution in [0, 0.1) is 12.7 Å². The summed E-state index contributed by atoms with van der Waals surface area (Å²) in [5.41, 5.74) is 8.30. The molecule has 2 aromatic rings. The van der Waals surface area contributed by atoms with Crippen molar-refractivity contribution >= 4 is 23.2 Å². The van der Waals surface area contributed by atoms with Gasteiger partial charge in [-0.2, -0.15) is 0 Å². The second kappa shape index (κ2) is 6.66. The molecule has 3 N–H and O–H groups in total. The monoisotopic (exact) mass is 333 g/mol. The van der Waals surface area contributed by atoms with Crippen LogP contribution in [0.15, 0.2) is 42.5 Å². The molecular weight excluding hydrogens is 317 g/mol. The zero-order chi connectivity index (χ0) is 16.4. The molecule has 3 rings (SSSR count). The van der Waals surface area contributed by atoms with Gasteiger partial charge in [0.2, 0.25) is 5.91 Å². The summed E-state index contributed by atoms with van der Waals surface area (Å²) in [7, 11) is 0. The Hall–Kier alpha value is -1.95. The van der Waals surface area contributed by atoms with Gasteiger partial charge in [0, 0.05) is 16.8 Å². The number of hydrogen-bond acceptors (Lipinski definition) is 3. The van der Waals surface area contributed by atoms with E-state index in [4.69, 9.17) is 11.6 Å². The van der Waals surface area contributed by atoms with E-state index in [2.05, 4.69) is 16.2 Å². The lowest BCUT2D eigenvalue weighted by Gasteiger charge is -2.13. The van der Waals surface area contributed by atoms with E-state index in [1.165, 1.54) is 12.1 Å². The average molecular weight is 334 g/mol. The van der Waals surface area contributed by atoms with Gasteiger partial charge in [-0.3, -0.25) is 4.79 Å². The van der Waals surface area contributed by atoms with Gasteiger partial charge in [0.05, 0.1) is 0 Å². The number of carbonyl (C=O) groups is 1. The number of nitrogens with one attached hydrogen (secondary N) is 3. The van der Waals surface area contributed by atoms with Crippen molar-refractivity contribution in [1.29, 1.82) is 0 Å². The molecule has 120 valence electrons. The zero-order valence-corrected chi connectivity index (χ0v) is 13.3. The van der Waals surface area contributed by atoms with E-state index in [0.29, 0.717) is 17.1 Å². The lowest BCUT2D eigenvalue weighted by atomic mass is 10.0. The Morgan fingerprint density at radius 3 is 2.83 bits per heavy atom. The average Bonchev–Trinajstić information content (AvgIpc) is 3.01. The van der Waals surface area contributed by atoms with Crippen molar-refractivity contribution < 1.29 is 9.18 Å². The maximum Gasteiger partial charge on any atom is 0.242 e. The van der Waals surface area contributed by atoms with Gasteiger partial charge in [0.25, 0.3) is 0 Å². The molecule has 23 heavy (non-hydrogen) atoms. The van der Waals surface area contributed by atoms with E-state index >= 15 is 0 Å². The molecular formula is C17H17ClFN3O. The van der Waals surface area contributed by atoms with Crippen molar-refractivity contribution in [3.05, 3.63) is 64.4 Å². The van der Waals surface area contributed by atoms with Crippen molar-refractivity contribution in [3.8, 4) is 0 Å². The van der Waals surface area contributed by atoms with Crippen molar-refractivity contribution in [3.63, 3.8) is 0 Å². The van der Waals surface area contributed by atoms with Crippen LogP contribution in [0.1, 0.15) is 23.6 Å². The van der Waals surface area contributed by atoms with Gasteiger partial charge in [-0.1, -0.05) is 35.9 Å². The lowest BCUT2D eigenvalue weighted by Crippen LogP contribution is -2.39. The van der Waals surface area contributed by atoms with E-state index in [1.807, 2.05) is 31.2 Å². The Kier molecular flexibility index (Phi) is 4.61. The fourth-order valence-electron chi connectivity index (χ4n) is 2.64. The Bertz CT molecular complexity index is 738. The number of benzene rings is 2. The minimum atomic E-state index is -0.418. The normalized spacial score (nSPS) is 20.5. The van der Waals surface area contributed by atoms with Crippen LogP contribution in [0.5, 0.6) is 0 Å². The molecule has 0 aliphatic carbocycles. The molecule has 4 nitrogen and oxygen atoms in total. The molecule has 6 heteroatoms. The number of rotatable bonds is 3. The second-order valence-corrected chi connectivity index (χ2v) is 6.01. The van der Waals surface area contributed by atoms with Crippen molar-refractivity contribution in [2.24, 2.45) is 0 Å². The summed E-state index contributed by atoms with van der Waals surface area (Å²) in [6.45, 7) is 1.82. The second-order valence-electron chi connectivity index (χ2n) is 5.60. The third kappa shape index (κ3) is 3.52. The summed E-state index contributed by atoms with van der Waals surface area (Å²) in [5.74, 6) is -0.585. The van der Waals surface area contributed by atoms with Gasteiger partial charge in [-0.25, -0.2) is 15.2 Å². The molecule has 1 saturated heterocycles.